The molecule has 3 rings (SSSR count). The van der Waals surface area contributed by atoms with Crippen molar-refractivity contribution in [2.24, 2.45) is 29.1 Å². The third-order valence-corrected chi connectivity index (χ3v) is 9.62. The van der Waals surface area contributed by atoms with E-state index in [1.54, 1.807) is 11.1 Å². The number of amides is 2. The van der Waals surface area contributed by atoms with Crippen LogP contribution in [0.2, 0.25) is 0 Å². The summed E-state index contributed by atoms with van der Waals surface area (Å²) in [5.74, 6) is 1.36. The molecule has 9 nitrogen and oxygen atoms in total. The Bertz CT molecular complexity index is 1070. The maximum absolute atomic E-state index is 13.0. The van der Waals surface area contributed by atoms with Crippen LogP contribution in [0, 0.1) is 29.1 Å². The van der Waals surface area contributed by atoms with Gasteiger partial charge in [0.15, 0.2) is 0 Å². The molecule has 2 fully saturated rings. The molecule has 2 N–H and O–H groups in total. The minimum atomic E-state index is -0.541. The monoisotopic (exact) mass is 595 g/mol. The van der Waals surface area contributed by atoms with Gasteiger partial charge in [0.1, 0.15) is 16.6 Å². The Kier molecular flexibility index (Phi) is 9.58. The number of carbonyl (C=O) groups excluding carboxylic acids is 2. The molecule has 5 atom stereocenters. The molecule has 1 aromatic rings. The SMILES string of the molecule is C[C@@H]1[C@@H](C)C(C)(C)[C@@H](C)C[C@H]1Nc1cnn(CC(=O)NCC2CCCN(C(=O)OC(C)(C)C)C2)c(=O)c1Br. The molecule has 1 aliphatic heterocycles. The minimum absolute atomic E-state index is 0.135. The Labute approximate surface area is 235 Å². The summed E-state index contributed by atoms with van der Waals surface area (Å²) < 4.78 is 7.05. The second kappa shape index (κ2) is 12.0. The van der Waals surface area contributed by atoms with Crippen LogP contribution in [0.3, 0.4) is 0 Å². The van der Waals surface area contributed by atoms with Crippen LogP contribution in [0.1, 0.15) is 74.7 Å². The van der Waals surface area contributed by atoms with Crippen LogP contribution in [0.5, 0.6) is 0 Å². The lowest BCUT2D eigenvalue weighted by atomic mass is 9.58. The molecule has 1 aliphatic carbocycles. The Balaban J connectivity index is 1.55. The zero-order chi connectivity index (χ0) is 28.4. The fraction of sp³-hybridized carbons (Fsp3) is 0.786. The van der Waals surface area contributed by atoms with Crippen molar-refractivity contribution < 1.29 is 14.3 Å². The van der Waals surface area contributed by atoms with Gasteiger partial charge in [-0.25, -0.2) is 9.48 Å². The van der Waals surface area contributed by atoms with Gasteiger partial charge >= 0.3 is 6.09 Å². The van der Waals surface area contributed by atoms with Crippen molar-refractivity contribution in [2.45, 2.75) is 92.8 Å². The molecule has 0 spiro atoms. The van der Waals surface area contributed by atoms with E-state index in [-0.39, 0.29) is 41.5 Å². The number of ether oxygens (including phenoxy) is 1. The van der Waals surface area contributed by atoms with Crippen LogP contribution in [0.4, 0.5) is 10.5 Å². The van der Waals surface area contributed by atoms with E-state index in [1.807, 2.05) is 20.8 Å². The summed E-state index contributed by atoms with van der Waals surface area (Å²) in [5.41, 5.74) is 0.0336. The summed E-state index contributed by atoms with van der Waals surface area (Å²) in [6.07, 6.45) is 4.09. The lowest BCUT2D eigenvalue weighted by molar-refractivity contribution is -0.122. The summed E-state index contributed by atoms with van der Waals surface area (Å²) in [6.45, 7) is 18.5. The number of nitrogens with one attached hydrogen (secondary N) is 2. The van der Waals surface area contributed by atoms with Crippen LogP contribution < -0.4 is 16.2 Å². The molecule has 214 valence electrons. The lowest BCUT2D eigenvalue weighted by Crippen LogP contribution is -2.48. The Hall–Kier alpha value is -2.10. The molecular weight excluding hydrogens is 550 g/mol. The van der Waals surface area contributed by atoms with Gasteiger partial charge in [0.05, 0.1) is 11.9 Å². The number of hydrogen-bond donors (Lipinski definition) is 2. The van der Waals surface area contributed by atoms with Gasteiger partial charge in [0, 0.05) is 25.7 Å². The van der Waals surface area contributed by atoms with Gasteiger partial charge in [-0.15, -0.1) is 0 Å². The summed E-state index contributed by atoms with van der Waals surface area (Å²) in [6, 6.07) is 0.236. The van der Waals surface area contributed by atoms with Crippen LogP contribution in [-0.4, -0.2) is 58.0 Å². The number of halogens is 1. The maximum Gasteiger partial charge on any atom is 0.410 e. The minimum Gasteiger partial charge on any atom is -0.444 e. The molecule has 2 amide bonds. The molecule has 1 unspecified atom stereocenters. The van der Waals surface area contributed by atoms with Gasteiger partial charge in [-0.3, -0.25) is 9.59 Å². The van der Waals surface area contributed by atoms with Crippen molar-refractivity contribution in [3.8, 4) is 0 Å². The first-order valence-electron chi connectivity index (χ1n) is 13.9. The fourth-order valence-corrected chi connectivity index (χ4v) is 6.04. The first kappa shape index (κ1) is 30.4. The van der Waals surface area contributed by atoms with E-state index in [1.165, 1.54) is 4.68 Å². The van der Waals surface area contributed by atoms with E-state index in [4.69, 9.17) is 4.74 Å². The summed E-state index contributed by atoms with van der Waals surface area (Å²) in [4.78, 5) is 39.8. The fourth-order valence-electron chi connectivity index (χ4n) is 5.62. The molecule has 2 aliphatic rings. The van der Waals surface area contributed by atoms with Crippen LogP contribution >= 0.6 is 15.9 Å². The van der Waals surface area contributed by atoms with E-state index in [2.05, 4.69) is 66.3 Å². The summed E-state index contributed by atoms with van der Waals surface area (Å²) >= 11 is 3.45. The second-order valence-corrected chi connectivity index (χ2v) is 13.7. The molecule has 38 heavy (non-hydrogen) atoms. The number of piperidine rings is 1. The zero-order valence-corrected chi connectivity index (χ0v) is 25.9. The van der Waals surface area contributed by atoms with Gasteiger partial charge in [-0.05, 0) is 85.1 Å². The van der Waals surface area contributed by atoms with Crippen molar-refractivity contribution in [3.63, 3.8) is 0 Å². The van der Waals surface area contributed by atoms with Crippen LogP contribution in [0.25, 0.3) is 0 Å². The van der Waals surface area contributed by atoms with Gasteiger partial charge < -0.3 is 20.3 Å². The average molecular weight is 597 g/mol. The predicted molar refractivity (Wildman–Crippen MR) is 153 cm³/mol. The summed E-state index contributed by atoms with van der Waals surface area (Å²) in [5, 5.41) is 10.7. The smallest absolute Gasteiger partial charge is 0.410 e. The van der Waals surface area contributed by atoms with Gasteiger partial charge in [-0.2, -0.15) is 5.10 Å². The van der Waals surface area contributed by atoms with Crippen molar-refractivity contribution >= 4 is 33.6 Å². The lowest BCUT2D eigenvalue weighted by Gasteiger charge is -2.50. The highest BCUT2D eigenvalue weighted by molar-refractivity contribution is 9.10. The molecule has 1 aromatic heterocycles. The van der Waals surface area contributed by atoms with Crippen LogP contribution in [0.15, 0.2) is 15.5 Å². The molecule has 2 heterocycles. The number of carbonyl (C=O) groups is 2. The zero-order valence-electron chi connectivity index (χ0n) is 24.3. The third kappa shape index (κ3) is 7.30. The molecule has 0 bridgehead atoms. The van der Waals surface area contributed by atoms with E-state index in [0.29, 0.717) is 47.5 Å². The van der Waals surface area contributed by atoms with Gasteiger partial charge in [0.25, 0.3) is 5.56 Å². The second-order valence-electron chi connectivity index (χ2n) is 12.9. The number of anilines is 1. The highest BCUT2D eigenvalue weighted by atomic mass is 79.9. The third-order valence-electron chi connectivity index (χ3n) is 8.85. The van der Waals surface area contributed by atoms with E-state index >= 15 is 0 Å². The summed E-state index contributed by atoms with van der Waals surface area (Å²) in [7, 11) is 0. The first-order chi connectivity index (χ1) is 17.6. The Morgan fingerprint density at radius 2 is 1.92 bits per heavy atom. The molecule has 10 heteroatoms. The highest BCUT2D eigenvalue weighted by Crippen LogP contribution is 2.48. The number of nitrogens with zero attached hydrogens (tertiary/aromatic N) is 3. The van der Waals surface area contributed by atoms with Crippen molar-refractivity contribution in [3.05, 3.63) is 21.0 Å². The molecular formula is C28H46BrN5O4. The standard InChI is InChI=1S/C28H46BrN5O4/c1-17-12-21(18(2)19(3)28(17,7)8)32-22-14-31-34(25(36)24(22)29)16-23(35)30-13-20-10-9-11-33(15-20)26(37)38-27(4,5)6/h14,17-21,32H,9-13,15-16H2,1-8H3,(H,30,35)/t17-,18+,19+,20?,21+/m0/s1. The number of hydrogen-bond acceptors (Lipinski definition) is 6. The van der Waals surface area contributed by atoms with Gasteiger partial charge in [0.2, 0.25) is 5.91 Å². The molecule has 1 saturated carbocycles. The van der Waals surface area contributed by atoms with E-state index < -0.39 is 5.60 Å². The first-order valence-corrected chi connectivity index (χ1v) is 14.7. The highest BCUT2D eigenvalue weighted by Gasteiger charge is 2.43. The number of aromatic nitrogens is 2. The van der Waals surface area contributed by atoms with Crippen molar-refractivity contribution in [2.75, 3.05) is 25.0 Å². The molecule has 0 radical (unpaired) electrons. The predicted octanol–water partition coefficient (Wildman–Crippen LogP) is 4.89. The Morgan fingerprint density at radius 1 is 1.24 bits per heavy atom. The largest absolute Gasteiger partial charge is 0.444 e. The van der Waals surface area contributed by atoms with Crippen molar-refractivity contribution in [1.82, 2.24) is 20.0 Å². The quantitative estimate of drug-likeness (QED) is 0.485. The topological polar surface area (TPSA) is 106 Å². The number of likely N-dealkylation sites (tertiary alicyclic amines) is 1. The normalized spacial score (nSPS) is 27.5. The van der Waals surface area contributed by atoms with E-state index in [9.17, 15) is 14.4 Å². The van der Waals surface area contributed by atoms with E-state index in [0.717, 1.165) is 19.3 Å². The number of rotatable bonds is 6. The maximum atomic E-state index is 13.0. The average Bonchev–Trinajstić information content (AvgIpc) is 2.84. The molecule has 1 saturated heterocycles. The van der Waals surface area contributed by atoms with Gasteiger partial charge in [-0.1, -0.05) is 34.6 Å². The Morgan fingerprint density at radius 3 is 2.58 bits per heavy atom. The molecule has 0 aromatic carbocycles. The van der Waals surface area contributed by atoms with Crippen molar-refractivity contribution in [1.29, 1.82) is 0 Å². The van der Waals surface area contributed by atoms with Crippen LogP contribution in [-0.2, 0) is 16.1 Å².